The Kier molecular flexibility index (Phi) is 4.58. The Hall–Kier alpha value is -0.660. The Balaban J connectivity index is 2.33. The maximum Gasteiger partial charge on any atom is 0.224 e. The predicted octanol–water partition coefficient (Wildman–Crippen LogP) is 4.55. The molecule has 0 fully saturated rings. The minimum atomic E-state index is 0.564. The first kappa shape index (κ1) is 13.8. The van der Waals surface area contributed by atoms with Gasteiger partial charge in [0.2, 0.25) is 5.95 Å². The summed E-state index contributed by atoms with van der Waals surface area (Å²) in [7, 11) is 1.78. The van der Waals surface area contributed by atoms with E-state index in [1.807, 2.05) is 18.2 Å². The molecule has 0 aliphatic rings. The number of rotatable bonds is 3. The monoisotopic (exact) mass is 434 g/mol. The lowest BCUT2D eigenvalue weighted by Crippen LogP contribution is -2.01. The van der Waals surface area contributed by atoms with Crippen molar-refractivity contribution in [1.82, 2.24) is 9.97 Å². The fourth-order valence-electron chi connectivity index (χ4n) is 1.29. The van der Waals surface area contributed by atoms with Gasteiger partial charge in [0, 0.05) is 22.2 Å². The number of halogens is 3. The van der Waals surface area contributed by atoms with Gasteiger partial charge in [0.15, 0.2) is 0 Å². The lowest BCUT2D eigenvalue weighted by atomic mass is 10.3. The highest BCUT2D eigenvalue weighted by atomic mass is 79.9. The number of benzene rings is 1. The van der Waals surface area contributed by atoms with Gasteiger partial charge < -0.3 is 10.6 Å². The predicted molar refractivity (Wildman–Crippen MR) is 84.4 cm³/mol. The summed E-state index contributed by atoms with van der Waals surface area (Å²) in [5, 5.41) is 6.14. The first-order chi connectivity index (χ1) is 8.60. The minimum Gasteiger partial charge on any atom is -0.357 e. The molecule has 7 heteroatoms. The highest BCUT2D eigenvalue weighted by molar-refractivity contribution is 9.11. The van der Waals surface area contributed by atoms with Crippen LogP contribution in [0.3, 0.4) is 0 Å². The van der Waals surface area contributed by atoms with Crippen LogP contribution in [-0.2, 0) is 0 Å². The fourth-order valence-corrected chi connectivity index (χ4v) is 2.73. The van der Waals surface area contributed by atoms with Crippen molar-refractivity contribution in [2.75, 3.05) is 17.7 Å². The van der Waals surface area contributed by atoms with E-state index in [0.29, 0.717) is 11.8 Å². The van der Waals surface area contributed by atoms with Crippen molar-refractivity contribution < 1.29 is 0 Å². The molecule has 94 valence electrons. The average molecular weight is 437 g/mol. The van der Waals surface area contributed by atoms with E-state index >= 15 is 0 Å². The number of hydrogen-bond donors (Lipinski definition) is 2. The normalized spacial score (nSPS) is 10.2. The molecule has 0 spiro atoms. The van der Waals surface area contributed by atoms with Crippen molar-refractivity contribution in [2.24, 2.45) is 0 Å². The van der Waals surface area contributed by atoms with Crippen LogP contribution in [0.25, 0.3) is 0 Å². The second-order valence-electron chi connectivity index (χ2n) is 3.39. The topological polar surface area (TPSA) is 49.8 Å². The average Bonchev–Trinajstić information content (AvgIpc) is 2.35. The summed E-state index contributed by atoms with van der Waals surface area (Å²) in [5.74, 6) is 1.27. The molecule has 1 heterocycles. The van der Waals surface area contributed by atoms with E-state index in [2.05, 4.69) is 68.4 Å². The second-order valence-corrected chi connectivity index (χ2v) is 6.01. The molecule has 0 radical (unpaired) electrons. The van der Waals surface area contributed by atoms with E-state index in [-0.39, 0.29) is 0 Å². The molecule has 2 rings (SSSR count). The van der Waals surface area contributed by atoms with E-state index in [1.165, 1.54) is 0 Å². The first-order valence-electron chi connectivity index (χ1n) is 5.02. The molecule has 0 amide bonds. The van der Waals surface area contributed by atoms with Gasteiger partial charge in [0.05, 0.1) is 10.2 Å². The van der Waals surface area contributed by atoms with E-state index in [0.717, 1.165) is 19.1 Å². The SMILES string of the molecule is CNc1ncc(Br)c(Nc2ccc(Br)cc2Br)n1. The lowest BCUT2D eigenvalue weighted by molar-refractivity contribution is 1.14. The van der Waals surface area contributed by atoms with Crippen LogP contribution in [0.1, 0.15) is 0 Å². The molecule has 0 aliphatic heterocycles. The number of anilines is 3. The van der Waals surface area contributed by atoms with E-state index in [4.69, 9.17) is 0 Å². The van der Waals surface area contributed by atoms with Gasteiger partial charge in [-0.05, 0) is 50.1 Å². The van der Waals surface area contributed by atoms with Gasteiger partial charge in [-0.25, -0.2) is 4.98 Å². The molecule has 4 nitrogen and oxygen atoms in total. The van der Waals surface area contributed by atoms with Gasteiger partial charge in [0.1, 0.15) is 5.82 Å². The minimum absolute atomic E-state index is 0.564. The highest BCUT2D eigenvalue weighted by Crippen LogP contribution is 2.30. The smallest absolute Gasteiger partial charge is 0.224 e. The van der Waals surface area contributed by atoms with Gasteiger partial charge in [0.25, 0.3) is 0 Å². The molecule has 0 atom stereocenters. The summed E-state index contributed by atoms with van der Waals surface area (Å²) in [4.78, 5) is 8.44. The summed E-state index contributed by atoms with van der Waals surface area (Å²) in [5.41, 5.74) is 0.930. The van der Waals surface area contributed by atoms with Crippen molar-refractivity contribution in [3.8, 4) is 0 Å². The van der Waals surface area contributed by atoms with Gasteiger partial charge in [-0.1, -0.05) is 15.9 Å². The highest BCUT2D eigenvalue weighted by Gasteiger charge is 2.07. The second kappa shape index (κ2) is 5.99. The van der Waals surface area contributed by atoms with Crippen LogP contribution in [0, 0.1) is 0 Å². The Morgan fingerprint density at radius 3 is 2.56 bits per heavy atom. The number of nitrogens with zero attached hydrogens (tertiary/aromatic N) is 2. The molecule has 1 aromatic carbocycles. The van der Waals surface area contributed by atoms with E-state index < -0.39 is 0 Å². The Bertz CT molecular complexity index is 574. The van der Waals surface area contributed by atoms with Crippen LogP contribution in [0.5, 0.6) is 0 Å². The third-order valence-electron chi connectivity index (χ3n) is 2.15. The number of hydrogen-bond acceptors (Lipinski definition) is 4. The summed E-state index contributed by atoms with van der Waals surface area (Å²) >= 11 is 10.3. The van der Waals surface area contributed by atoms with Crippen LogP contribution in [0.15, 0.2) is 37.8 Å². The van der Waals surface area contributed by atoms with E-state index in [1.54, 1.807) is 13.2 Å². The Morgan fingerprint density at radius 2 is 1.89 bits per heavy atom. The van der Waals surface area contributed by atoms with Crippen molar-refractivity contribution in [1.29, 1.82) is 0 Å². The summed E-state index contributed by atoms with van der Waals surface area (Å²) in [6, 6.07) is 5.89. The standard InChI is InChI=1S/C11H9Br3N4/c1-15-11-16-5-8(14)10(18-11)17-9-3-2-6(12)4-7(9)13/h2-5H,1H3,(H2,15,16,17,18). The van der Waals surface area contributed by atoms with Crippen molar-refractivity contribution in [3.63, 3.8) is 0 Å². The molecule has 1 aromatic heterocycles. The van der Waals surface area contributed by atoms with Crippen LogP contribution < -0.4 is 10.6 Å². The maximum absolute atomic E-state index is 4.34. The summed E-state index contributed by atoms with van der Waals surface area (Å²) < 4.78 is 2.77. The van der Waals surface area contributed by atoms with Gasteiger partial charge in [-0.3, -0.25) is 0 Å². The first-order valence-corrected chi connectivity index (χ1v) is 7.40. The van der Waals surface area contributed by atoms with Crippen LogP contribution in [0.2, 0.25) is 0 Å². The number of aromatic nitrogens is 2. The molecule has 2 N–H and O–H groups in total. The Labute approximate surface area is 130 Å². The van der Waals surface area contributed by atoms with Crippen molar-refractivity contribution in [2.45, 2.75) is 0 Å². The molecule has 2 aromatic rings. The fraction of sp³-hybridized carbons (Fsp3) is 0.0909. The van der Waals surface area contributed by atoms with Gasteiger partial charge in [-0.15, -0.1) is 0 Å². The zero-order chi connectivity index (χ0) is 13.1. The van der Waals surface area contributed by atoms with Crippen LogP contribution >= 0.6 is 47.8 Å². The van der Waals surface area contributed by atoms with E-state index in [9.17, 15) is 0 Å². The van der Waals surface area contributed by atoms with Crippen molar-refractivity contribution >= 4 is 65.2 Å². The zero-order valence-electron chi connectivity index (χ0n) is 9.34. The molecule has 0 unspecified atom stereocenters. The molecular formula is C11H9Br3N4. The molecule has 0 bridgehead atoms. The Morgan fingerprint density at radius 1 is 1.11 bits per heavy atom. The molecule has 18 heavy (non-hydrogen) atoms. The zero-order valence-corrected chi connectivity index (χ0v) is 14.1. The molecule has 0 saturated carbocycles. The summed E-state index contributed by atoms with van der Waals surface area (Å²) in [6.45, 7) is 0. The maximum atomic E-state index is 4.34. The van der Waals surface area contributed by atoms with Gasteiger partial charge >= 0.3 is 0 Å². The third kappa shape index (κ3) is 3.21. The van der Waals surface area contributed by atoms with Gasteiger partial charge in [-0.2, -0.15) is 4.98 Å². The molecule has 0 aliphatic carbocycles. The third-order valence-corrected chi connectivity index (χ3v) is 3.88. The van der Waals surface area contributed by atoms with Crippen LogP contribution in [0.4, 0.5) is 17.5 Å². The lowest BCUT2D eigenvalue weighted by Gasteiger charge is -2.10. The molecule has 0 saturated heterocycles. The largest absolute Gasteiger partial charge is 0.357 e. The summed E-state index contributed by atoms with van der Waals surface area (Å²) in [6.07, 6.45) is 1.70. The quantitative estimate of drug-likeness (QED) is 0.741. The van der Waals surface area contributed by atoms with Crippen LogP contribution in [-0.4, -0.2) is 17.0 Å². The van der Waals surface area contributed by atoms with Crippen molar-refractivity contribution in [3.05, 3.63) is 37.8 Å². The molecular weight excluding hydrogens is 428 g/mol. The number of nitrogens with one attached hydrogen (secondary N) is 2.